The first-order chi connectivity index (χ1) is 14.5. The van der Waals surface area contributed by atoms with Gasteiger partial charge in [0, 0.05) is 31.9 Å². The predicted molar refractivity (Wildman–Crippen MR) is 114 cm³/mol. The first-order valence-electron chi connectivity index (χ1n) is 10.0. The molecule has 1 aliphatic rings. The molecule has 0 aromatic heterocycles. The molecule has 2 aromatic rings. The van der Waals surface area contributed by atoms with Crippen LogP contribution in [0.5, 0.6) is 11.5 Å². The Kier molecular flexibility index (Phi) is 7.17. The van der Waals surface area contributed by atoms with Gasteiger partial charge in [0.05, 0.1) is 7.11 Å². The number of carbonyl (C=O) groups is 2. The molecule has 0 aliphatic carbocycles. The second kappa shape index (κ2) is 10.0. The zero-order valence-corrected chi connectivity index (χ0v) is 17.7. The average Bonchev–Trinajstić information content (AvgIpc) is 2.77. The number of esters is 1. The van der Waals surface area contributed by atoms with E-state index in [2.05, 4.69) is 4.90 Å². The Balaban J connectivity index is 1.42. The number of piperazine rings is 1. The molecule has 30 heavy (non-hydrogen) atoms. The van der Waals surface area contributed by atoms with Crippen LogP contribution >= 0.6 is 0 Å². The van der Waals surface area contributed by atoms with Crippen molar-refractivity contribution in [1.82, 2.24) is 4.90 Å². The molecule has 0 saturated carbocycles. The lowest BCUT2D eigenvalue weighted by molar-refractivity contribution is -0.157. The summed E-state index contributed by atoms with van der Waals surface area (Å²) in [6.07, 6.45) is -0.786. The summed E-state index contributed by atoms with van der Waals surface area (Å²) in [5.41, 5.74) is 2.13. The molecule has 1 fully saturated rings. The van der Waals surface area contributed by atoms with Crippen LogP contribution in [-0.2, 0) is 14.3 Å². The van der Waals surface area contributed by atoms with Crippen molar-refractivity contribution in [1.29, 1.82) is 0 Å². The van der Waals surface area contributed by atoms with Gasteiger partial charge in [-0.15, -0.1) is 0 Å². The Morgan fingerprint density at radius 3 is 2.33 bits per heavy atom. The fourth-order valence-corrected chi connectivity index (χ4v) is 3.29. The van der Waals surface area contributed by atoms with E-state index in [9.17, 15) is 9.59 Å². The van der Waals surface area contributed by atoms with Crippen molar-refractivity contribution in [2.24, 2.45) is 0 Å². The van der Waals surface area contributed by atoms with Crippen LogP contribution in [0.1, 0.15) is 12.5 Å². The van der Waals surface area contributed by atoms with E-state index in [0.29, 0.717) is 18.8 Å². The second-order valence-electron chi connectivity index (χ2n) is 7.25. The van der Waals surface area contributed by atoms with Crippen molar-refractivity contribution >= 4 is 17.6 Å². The summed E-state index contributed by atoms with van der Waals surface area (Å²) in [7, 11) is 1.64. The van der Waals surface area contributed by atoms with E-state index in [1.807, 2.05) is 49.4 Å². The maximum atomic E-state index is 12.4. The van der Waals surface area contributed by atoms with E-state index in [4.69, 9.17) is 14.2 Å². The number of carbonyl (C=O) groups excluding carboxylic acids is 2. The second-order valence-corrected chi connectivity index (χ2v) is 7.25. The highest BCUT2D eigenvalue weighted by atomic mass is 16.6. The number of hydrogen-bond donors (Lipinski definition) is 0. The van der Waals surface area contributed by atoms with Crippen LogP contribution in [0.25, 0.3) is 0 Å². The fourth-order valence-electron chi connectivity index (χ4n) is 3.29. The van der Waals surface area contributed by atoms with Gasteiger partial charge in [-0.05, 0) is 55.8 Å². The van der Waals surface area contributed by atoms with Gasteiger partial charge in [0.1, 0.15) is 11.5 Å². The number of nitrogens with zero attached hydrogens (tertiary/aromatic N) is 2. The molecule has 0 bridgehead atoms. The summed E-state index contributed by atoms with van der Waals surface area (Å²) in [6.45, 7) is 5.89. The van der Waals surface area contributed by atoms with Crippen molar-refractivity contribution in [2.45, 2.75) is 20.0 Å². The van der Waals surface area contributed by atoms with Gasteiger partial charge in [0.15, 0.2) is 12.7 Å². The topological polar surface area (TPSA) is 68.3 Å². The molecular formula is C23H28N2O5. The number of methoxy groups -OCH3 is 1. The largest absolute Gasteiger partial charge is 0.497 e. The third-order valence-electron chi connectivity index (χ3n) is 5.04. The van der Waals surface area contributed by atoms with Crippen LogP contribution < -0.4 is 14.4 Å². The molecule has 0 spiro atoms. The monoisotopic (exact) mass is 412 g/mol. The first kappa shape index (κ1) is 21.5. The molecular weight excluding hydrogens is 384 g/mol. The third kappa shape index (κ3) is 5.65. The summed E-state index contributed by atoms with van der Waals surface area (Å²) in [6, 6.07) is 15.3. The van der Waals surface area contributed by atoms with E-state index in [1.165, 1.54) is 0 Å². The number of anilines is 1. The standard InChI is InChI=1S/C23H28N2O5/c1-17-5-4-6-21(15-17)30-18(2)23(27)29-16-22(26)25-13-11-24(12-14-25)19-7-9-20(28-3)10-8-19/h4-10,15,18H,11-14,16H2,1-3H3/t18-/m1/s1. The summed E-state index contributed by atoms with van der Waals surface area (Å²) in [5.74, 6) is 0.664. The summed E-state index contributed by atoms with van der Waals surface area (Å²) in [4.78, 5) is 28.5. The Morgan fingerprint density at radius 2 is 1.70 bits per heavy atom. The molecule has 0 unspecified atom stereocenters. The van der Waals surface area contributed by atoms with Gasteiger partial charge in [-0.1, -0.05) is 12.1 Å². The van der Waals surface area contributed by atoms with E-state index >= 15 is 0 Å². The number of rotatable bonds is 7. The maximum absolute atomic E-state index is 12.4. The molecule has 160 valence electrons. The van der Waals surface area contributed by atoms with Gasteiger partial charge in [-0.2, -0.15) is 0 Å². The Labute approximate surface area is 177 Å². The van der Waals surface area contributed by atoms with Crippen molar-refractivity contribution in [3.05, 3.63) is 54.1 Å². The molecule has 1 heterocycles. The average molecular weight is 412 g/mol. The zero-order valence-electron chi connectivity index (χ0n) is 17.7. The van der Waals surface area contributed by atoms with Gasteiger partial charge in [0.25, 0.3) is 5.91 Å². The summed E-state index contributed by atoms with van der Waals surface area (Å²) < 4.78 is 16.0. The zero-order chi connectivity index (χ0) is 21.5. The van der Waals surface area contributed by atoms with Gasteiger partial charge in [-0.3, -0.25) is 4.79 Å². The first-order valence-corrected chi connectivity index (χ1v) is 10.0. The van der Waals surface area contributed by atoms with Gasteiger partial charge < -0.3 is 24.0 Å². The number of aryl methyl sites for hydroxylation is 1. The van der Waals surface area contributed by atoms with E-state index in [-0.39, 0.29) is 12.5 Å². The van der Waals surface area contributed by atoms with Gasteiger partial charge in [0.2, 0.25) is 0 Å². The van der Waals surface area contributed by atoms with E-state index < -0.39 is 12.1 Å². The minimum Gasteiger partial charge on any atom is -0.497 e. The lowest BCUT2D eigenvalue weighted by Crippen LogP contribution is -2.50. The number of benzene rings is 2. The summed E-state index contributed by atoms with van der Waals surface area (Å²) >= 11 is 0. The number of hydrogen-bond acceptors (Lipinski definition) is 6. The number of amides is 1. The molecule has 7 nitrogen and oxygen atoms in total. The highest BCUT2D eigenvalue weighted by molar-refractivity contribution is 5.82. The maximum Gasteiger partial charge on any atom is 0.347 e. The van der Waals surface area contributed by atoms with Gasteiger partial charge in [-0.25, -0.2) is 4.79 Å². The molecule has 0 radical (unpaired) electrons. The molecule has 2 aromatic carbocycles. The smallest absolute Gasteiger partial charge is 0.347 e. The number of ether oxygens (including phenoxy) is 3. The van der Waals surface area contributed by atoms with Gasteiger partial charge >= 0.3 is 5.97 Å². The van der Waals surface area contributed by atoms with Crippen LogP contribution in [0.4, 0.5) is 5.69 Å². The Morgan fingerprint density at radius 1 is 1.00 bits per heavy atom. The van der Waals surface area contributed by atoms with Crippen molar-refractivity contribution < 1.29 is 23.8 Å². The molecule has 3 rings (SSSR count). The fraction of sp³-hybridized carbons (Fsp3) is 0.391. The van der Waals surface area contributed by atoms with E-state index in [1.54, 1.807) is 25.0 Å². The summed E-state index contributed by atoms with van der Waals surface area (Å²) in [5, 5.41) is 0. The van der Waals surface area contributed by atoms with Crippen molar-refractivity contribution in [2.75, 3.05) is 44.8 Å². The normalized spacial score (nSPS) is 14.8. The molecule has 1 aliphatic heterocycles. The minimum atomic E-state index is -0.786. The highest BCUT2D eigenvalue weighted by Crippen LogP contribution is 2.20. The molecule has 0 N–H and O–H groups in total. The minimum absolute atomic E-state index is 0.194. The Bertz CT molecular complexity index is 860. The van der Waals surface area contributed by atoms with Crippen LogP contribution in [-0.4, -0.2) is 62.8 Å². The molecule has 1 saturated heterocycles. The molecule has 1 amide bonds. The lowest BCUT2D eigenvalue weighted by atomic mass is 10.2. The SMILES string of the molecule is COc1ccc(N2CCN(C(=O)COC(=O)[C@@H](C)Oc3cccc(C)c3)CC2)cc1. The van der Waals surface area contributed by atoms with Crippen LogP contribution in [0, 0.1) is 6.92 Å². The van der Waals surface area contributed by atoms with E-state index in [0.717, 1.165) is 30.1 Å². The third-order valence-corrected chi connectivity index (χ3v) is 5.04. The highest BCUT2D eigenvalue weighted by Gasteiger charge is 2.24. The van der Waals surface area contributed by atoms with Crippen LogP contribution in [0.15, 0.2) is 48.5 Å². The Hall–Kier alpha value is -3.22. The molecule has 1 atom stereocenters. The lowest BCUT2D eigenvalue weighted by Gasteiger charge is -2.36. The van der Waals surface area contributed by atoms with Crippen LogP contribution in [0.2, 0.25) is 0 Å². The van der Waals surface area contributed by atoms with Crippen molar-refractivity contribution in [3.8, 4) is 11.5 Å². The van der Waals surface area contributed by atoms with Crippen LogP contribution in [0.3, 0.4) is 0 Å². The quantitative estimate of drug-likeness (QED) is 0.652. The molecule has 7 heteroatoms. The van der Waals surface area contributed by atoms with Crippen molar-refractivity contribution in [3.63, 3.8) is 0 Å². The predicted octanol–water partition coefficient (Wildman–Crippen LogP) is 2.66.